The first kappa shape index (κ1) is 49.5. The summed E-state index contributed by atoms with van der Waals surface area (Å²) in [5, 5.41) is 10.4. The van der Waals surface area contributed by atoms with E-state index in [0.717, 1.165) is 6.07 Å². The van der Waals surface area contributed by atoms with E-state index in [-0.39, 0.29) is 61.5 Å². The van der Waals surface area contributed by atoms with Gasteiger partial charge in [-0.1, -0.05) is 6.07 Å². The zero-order valence-electron chi connectivity index (χ0n) is 29.0. The van der Waals surface area contributed by atoms with Crippen molar-refractivity contribution >= 4 is 45.6 Å². The first-order valence-electron chi connectivity index (χ1n) is 13.9. The molecule has 56 heavy (non-hydrogen) atoms. The van der Waals surface area contributed by atoms with Crippen LogP contribution in [0.15, 0.2) is 36.4 Å². The summed E-state index contributed by atoms with van der Waals surface area (Å²) in [4.78, 5) is 27.6. The average molecular weight is 854 g/mol. The van der Waals surface area contributed by atoms with Crippen LogP contribution in [0.1, 0.15) is 33.7 Å². The Hall–Kier alpha value is -4.57. The molecule has 0 bridgehead atoms. The summed E-state index contributed by atoms with van der Waals surface area (Å²) in [6.45, 7) is 0. The van der Waals surface area contributed by atoms with Gasteiger partial charge < -0.3 is 24.1 Å². The van der Waals surface area contributed by atoms with Crippen LogP contribution in [-0.4, -0.2) is 96.0 Å². The van der Waals surface area contributed by atoms with E-state index in [4.69, 9.17) is 18.9 Å². The second-order valence-corrected chi connectivity index (χ2v) is 13.0. The predicted octanol–water partition coefficient (Wildman–Crippen LogP) is 0.408. The van der Waals surface area contributed by atoms with Gasteiger partial charge in [0, 0.05) is 14.0 Å². The van der Waals surface area contributed by atoms with Gasteiger partial charge in [-0.3, -0.25) is 14.2 Å². The van der Waals surface area contributed by atoms with Crippen molar-refractivity contribution in [1.29, 1.82) is 0 Å². The molecule has 297 valence electrons. The summed E-state index contributed by atoms with van der Waals surface area (Å²) in [5.74, 6) is -17.2. The topological polar surface area (TPSA) is 218 Å². The van der Waals surface area contributed by atoms with Gasteiger partial charge in [0.05, 0.1) is 57.5 Å². The number of hydrogen-bond donors (Lipinski definition) is 3. The Labute approximate surface area is 335 Å². The summed E-state index contributed by atoms with van der Waals surface area (Å²) in [6.07, 6.45) is -1.93. The van der Waals surface area contributed by atoms with Gasteiger partial charge in [0.2, 0.25) is 35.1 Å². The van der Waals surface area contributed by atoms with Crippen LogP contribution in [0.2, 0.25) is 0 Å². The Balaban J connectivity index is 0.000000541. The van der Waals surface area contributed by atoms with Gasteiger partial charge in [0.25, 0.3) is 20.0 Å². The molecule has 4 aromatic rings. The second kappa shape index (κ2) is 20.6. The molecule has 16 nitrogen and oxygen atoms in total. The molecule has 1 unspecified atom stereocenters. The van der Waals surface area contributed by atoms with Gasteiger partial charge in [-0.2, -0.15) is 37.5 Å². The number of sulfonamides is 2. The molecule has 0 amide bonds. The van der Waals surface area contributed by atoms with Crippen LogP contribution in [-0.2, 0) is 20.0 Å². The Kier molecular flexibility index (Phi) is 18.2. The molecule has 3 radical (unpaired) electrons. The largest absolute Gasteiger partial charge is 1.00 e. The van der Waals surface area contributed by atoms with Gasteiger partial charge in [0.1, 0.15) is 6.10 Å². The van der Waals surface area contributed by atoms with Crippen molar-refractivity contribution < 1.29 is 110 Å². The summed E-state index contributed by atoms with van der Waals surface area (Å²) >= 11 is 0. The first-order valence-corrected chi connectivity index (χ1v) is 17.0. The fraction of sp³-hybridized carbons (Fsp3) is 0.250. The molecule has 2 aromatic carbocycles. The third kappa shape index (κ3) is 11.7. The molecule has 0 aliphatic rings. The Morgan fingerprint density at radius 1 is 0.661 bits per heavy atom. The number of alkyl halides is 4. The minimum Gasteiger partial charge on any atom is -0.481 e. The summed E-state index contributed by atoms with van der Waals surface area (Å²) < 4.78 is 173. The predicted molar refractivity (Wildman–Crippen MR) is 173 cm³/mol. The molecule has 2 heterocycles. The number of carbonyl (C=O) groups excluding carboxylic acids is 1. The number of anilines is 2. The Morgan fingerprint density at radius 3 is 1.45 bits per heavy atom. The number of methoxy groups -OCH3 is 4. The van der Waals surface area contributed by atoms with E-state index in [2.05, 4.69) is 19.9 Å². The molecular weight excluding hydrogens is 830 g/mol. The molecule has 0 saturated heterocycles. The molecule has 28 heteroatoms. The monoisotopic (exact) mass is 854 g/mol. The Morgan fingerprint density at radius 2 is 1.04 bits per heavy atom. The van der Waals surface area contributed by atoms with E-state index in [1.807, 2.05) is 0 Å². The van der Waals surface area contributed by atoms with E-state index in [1.165, 1.54) is 50.0 Å². The fourth-order valence-corrected chi connectivity index (χ4v) is 4.99. The zero-order chi connectivity index (χ0) is 40.7. The number of aliphatic hydroxyl groups excluding tert-OH is 1. The Bertz CT molecular complexity index is 2210. The van der Waals surface area contributed by atoms with Crippen molar-refractivity contribution in [1.82, 2.24) is 19.9 Å². The molecular formula is C28H24BF8N6NaO10S2+. The van der Waals surface area contributed by atoms with E-state index in [9.17, 15) is 61.9 Å². The number of ketones is 1. The molecule has 2 aromatic heterocycles. The average Bonchev–Trinajstić information content (AvgIpc) is 3.14. The minimum absolute atomic E-state index is 0. The fourth-order valence-electron chi connectivity index (χ4n) is 3.84. The number of aliphatic hydroxyl groups is 1. The van der Waals surface area contributed by atoms with Crippen molar-refractivity contribution in [2.45, 2.75) is 17.6 Å². The molecule has 0 saturated carbocycles. The standard InChI is InChI=1S/C14H13F4N3O5S.C14H11F4N3O5S.B.Na/c2*1-25-8-5-9(26-2)20-13(19-8)12(22)6-3-4-7(15)10(16)11(6)21-27(23,24)14(17)18;;/h3-5,12,14,21-22H,1-2H3;3-5,14,21H,1-2H3;;/q;;;+1. The molecule has 3 N–H and O–H groups in total. The third-order valence-corrected chi connectivity index (χ3v) is 8.29. The number of nitrogens with zero attached hydrogens (tertiary/aromatic N) is 4. The quantitative estimate of drug-likeness (QED) is 0.0890. The smallest absolute Gasteiger partial charge is 0.481 e. The van der Waals surface area contributed by atoms with Crippen molar-refractivity contribution in [2.24, 2.45) is 0 Å². The molecule has 4 rings (SSSR count). The number of rotatable bonds is 14. The minimum atomic E-state index is -5.39. The zero-order valence-corrected chi connectivity index (χ0v) is 32.7. The number of halogens is 8. The maximum Gasteiger partial charge on any atom is 1.00 e. The normalized spacial score (nSPS) is 11.6. The van der Waals surface area contributed by atoms with Gasteiger partial charge in [0.15, 0.2) is 29.1 Å². The van der Waals surface area contributed by atoms with Crippen LogP contribution in [0.4, 0.5) is 46.5 Å². The van der Waals surface area contributed by atoms with Gasteiger partial charge in [-0.15, -0.1) is 0 Å². The van der Waals surface area contributed by atoms with Gasteiger partial charge in [-0.25, -0.2) is 34.4 Å². The number of aromatic nitrogens is 4. The third-order valence-electron chi connectivity index (χ3n) is 6.38. The van der Waals surface area contributed by atoms with Crippen molar-refractivity contribution in [3.63, 3.8) is 0 Å². The van der Waals surface area contributed by atoms with Crippen molar-refractivity contribution in [2.75, 3.05) is 37.9 Å². The molecule has 1 atom stereocenters. The number of benzene rings is 2. The summed E-state index contributed by atoms with van der Waals surface area (Å²) in [7, 11) is -5.80. The maximum atomic E-state index is 14.1. The first-order chi connectivity index (χ1) is 25.2. The van der Waals surface area contributed by atoms with E-state index in [1.54, 1.807) is 0 Å². The van der Waals surface area contributed by atoms with Crippen LogP contribution in [0.25, 0.3) is 0 Å². The van der Waals surface area contributed by atoms with Crippen LogP contribution in [0, 0.1) is 23.3 Å². The number of nitrogens with one attached hydrogen (secondary N) is 2. The van der Waals surface area contributed by atoms with Crippen LogP contribution in [0.5, 0.6) is 23.5 Å². The van der Waals surface area contributed by atoms with E-state index in [0.29, 0.717) is 18.2 Å². The maximum absolute atomic E-state index is 14.1. The van der Waals surface area contributed by atoms with Gasteiger partial charge in [-0.05, 0) is 18.2 Å². The van der Waals surface area contributed by atoms with Crippen LogP contribution < -0.4 is 57.9 Å². The molecule has 0 spiro atoms. The van der Waals surface area contributed by atoms with Crippen molar-refractivity contribution in [3.05, 3.63) is 82.4 Å². The number of hydrogen-bond acceptors (Lipinski definition) is 14. The van der Waals surface area contributed by atoms with E-state index >= 15 is 0 Å². The summed E-state index contributed by atoms with van der Waals surface area (Å²) in [6, 6.07) is 5.04. The van der Waals surface area contributed by atoms with Crippen LogP contribution >= 0.6 is 0 Å². The van der Waals surface area contributed by atoms with Crippen molar-refractivity contribution in [3.8, 4) is 23.5 Å². The van der Waals surface area contributed by atoms with Gasteiger partial charge >= 0.3 is 41.1 Å². The van der Waals surface area contributed by atoms with Crippen LogP contribution in [0.3, 0.4) is 0 Å². The molecule has 0 aliphatic heterocycles. The van der Waals surface area contributed by atoms with E-state index < -0.39 is 101 Å². The second-order valence-electron chi connectivity index (χ2n) is 9.74. The number of carbonyl (C=O) groups is 1. The number of ether oxygens (including phenoxy) is 4. The molecule has 0 fully saturated rings. The molecule has 0 aliphatic carbocycles. The SMILES string of the molecule is COc1cc(OC)nc(C(=O)c2ccc(F)c(F)c2NS(=O)(=O)C(F)F)n1.COc1cc(OC)nc(C(O)c2ccc(F)c(F)c2NS(=O)(=O)C(F)F)n1.[B].[Na+]. The summed E-state index contributed by atoms with van der Waals surface area (Å²) in [5.41, 5.74) is -3.90.